The second-order valence-electron chi connectivity index (χ2n) is 5.07. The van der Waals surface area contributed by atoms with Crippen molar-refractivity contribution in [1.82, 2.24) is 15.2 Å². The van der Waals surface area contributed by atoms with E-state index < -0.39 is 6.09 Å². The fourth-order valence-electron chi connectivity index (χ4n) is 3.21. The van der Waals surface area contributed by atoms with E-state index in [1.54, 1.807) is 4.90 Å². The molecule has 1 saturated heterocycles. The van der Waals surface area contributed by atoms with Gasteiger partial charge in [-0.15, -0.1) is 0 Å². The van der Waals surface area contributed by atoms with Crippen LogP contribution in [0.25, 0.3) is 0 Å². The molecule has 1 spiro atoms. The molecule has 1 aromatic rings. The quantitative estimate of drug-likeness (QED) is 0.631. The van der Waals surface area contributed by atoms with E-state index >= 15 is 0 Å². The van der Waals surface area contributed by atoms with Crippen molar-refractivity contribution in [3.63, 3.8) is 0 Å². The van der Waals surface area contributed by atoms with E-state index in [0.717, 1.165) is 25.9 Å². The summed E-state index contributed by atoms with van der Waals surface area (Å²) in [6.07, 6.45) is 3.14. The van der Waals surface area contributed by atoms with Crippen LogP contribution in [0.5, 0.6) is 0 Å². The molecule has 3 heterocycles. The Morgan fingerprint density at radius 1 is 1.53 bits per heavy atom. The molecule has 0 bridgehead atoms. The van der Waals surface area contributed by atoms with Crippen molar-refractivity contribution in [2.75, 3.05) is 19.6 Å². The second-order valence-corrected chi connectivity index (χ2v) is 5.07. The first-order valence-electron chi connectivity index (χ1n) is 6.07. The van der Waals surface area contributed by atoms with E-state index in [9.17, 15) is 4.79 Å². The Morgan fingerprint density at radius 3 is 3.24 bits per heavy atom. The van der Waals surface area contributed by atoms with Crippen molar-refractivity contribution < 1.29 is 9.90 Å². The van der Waals surface area contributed by atoms with Crippen LogP contribution < -0.4 is 5.32 Å². The summed E-state index contributed by atoms with van der Waals surface area (Å²) in [5.41, 5.74) is 2.47. The van der Waals surface area contributed by atoms with Crippen molar-refractivity contribution in [2.24, 2.45) is 0 Å². The van der Waals surface area contributed by atoms with Gasteiger partial charge in [-0.1, -0.05) is 0 Å². The molecule has 0 aromatic carbocycles. The van der Waals surface area contributed by atoms with Crippen LogP contribution in [0, 0.1) is 0 Å². The zero-order chi connectivity index (χ0) is 11.9. The first-order valence-corrected chi connectivity index (χ1v) is 6.07. The minimum absolute atomic E-state index is 0.0479. The van der Waals surface area contributed by atoms with E-state index in [-0.39, 0.29) is 5.41 Å². The van der Waals surface area contributed by atoms with Crippen LogP contribution in [-0.2, 0) is 12.0 Å². The Hall–Kier alpha value is -1.49. The monoisotopic (exact) mass is 235 g/mol. The molecule has 92 valence electrons. The van der Waals surface area contributed by atoms with E-state index in [2.05, 4.69) is 16.4 Å². The highest BCUT2D eigenvalue weighted by atomic mass is 16.4. The maximum Gasteiger partial charge on any atom is 0.407 e. The first kappa shape index (κ1) is 10.7. The number of likely N-dealkylation sites (tertiary alicyclic amines) is 1. The zero-order valence-electron chi connectivity index (χ0n) is 9.70. The lowest BCUT2D eigenvalue weighted by Gasteiger charge is -2.44. The van der Waals surface area contributed by atoms with Gasteiger partial charge in [0.05, 0.1) is 0 Å². The van der Waals surface area contributed by atoms with E-state index in [4.69, 9.17) is 5.11 Å². The highest BCUT2D eigenvalue weighted by Crippen LogP contribution is 2.36. The van der Waals surface area contributed by atoms with Gasteiger partial charge >= 0.3 is 6.09 Å². The minimum Gasteiger partial charge on any atom is -0.465 e. The molecule has 2 aliphatic rings. The third kappa shape index (κ3) is 1.61. The molecular formula is C12H17N3O2. The fraction of sp³-hybridized carbons (Fsp3) is 0.583. The summed E-state index contributed by atoms with van der Waals surface area (Å²) in [4.78, 5) is 16.0. The molecular weight excluding hydrogens is 218 g/mol. The first-order chi connectivity index (χ1) is 8.21. The molecule has 1 aromatic heterocycles. The summed E-state index contributed by atoms with van der Waals surface area (Å²) < 4.78 is 0. The van der Waals surface area contributed by atoms with Crippen LogP contribution in [0.3, 0.4) is 0 Å². The number of hydrogen-bond donors (Lipinski definition) is 3. The smallest absolute Gasteiger partial charge is 0.407 e. The number of carbonyl (C=O) groups is 1. The van der Waals surface area contributed by atoms with Crippen molar-refractivity contribution in [2.45, 2.75) is 24.8 Å². The number of rotatable bonds is 0. The van der Waals surface area contributed by atoms with Crippen LogP contribution in [0.2, 0.25) is 0 Å². The molecule has 1 amide bonds. The van der Waals surface area contributed by atoms with Gasteiger partial charge < -0.3 is 20.3 Å². The number of piperidine rings is 1. The Balaban J connectivity index is 1.94. The Morgan fingerprint density at radius 2 is 2.41 bits per heavy atom. The number of nitrogens with zero attached hydrogens (tertiary/aromatic N) is 1. The maximum absolute atomic E-state index is 11.1. The molecule has 0 aliphatic carbocycles. The van der Waals surface area contributed by atoms with Crippen molar-refractivity contribution in [1.29, 1.82) is 0 Å². The van der Waals surface area contributed by atoms with Crippen LogP contribution >= 0.6 is 0 Å². The number of nitrogens with one attached hydrogen (secondary N) is 2. The molecule has 2 aliphatic heterocycles. The van der Waals surface area contributed by atoms with Crippen LogP contribution in [0.4, 0.5) is 4.79 Å². The van der Waals surface area contributed by atoms with Crippen LogP contribution in [-0.4, -0.2) is 40.7 Å². The summed E-state index contributed by atoms with van der Waals surface area (Å²) in [6, 6.07) is 2.09. The summed E-state index contributed by atoms with van der Waals surface area (Å²) in [5.74, 6) is 0. The Kier molecular flexibility index (Phi) is 2.36. The predicted molar refractivity (Wildman–Crippen MR) is 63.0 cm³/mol. The van der Waals surface area contributed by atoms with Crippen LogP contribution in [0.15, 0.2) is 12.3 Å². The van der Waals surface area contributed by atoms with Crippen molar-refractivity contribution in [3.8, 4) is 0 Å². The molecule has 0 saturated carbocycles. The summed E-state index contributed by atoms with van der Waals surface area (Å²) in [5, 5.41) is 12.6. The zero-order valence-corrected chi connectivity index (χ0v) is 9.70. The lowest BCUT2D eigenvalue weighted by molar-refractivity contribution is 0.104. The Labute approximate surface area is 99.8 Å². The number of amides is 1. The van der Waals surface area contributed by atoms with E-state index in [1.807, 2.05) is 6.20 Å². The molecule has 5 heteroatoms. The highest BCUT2D eigenvalue weighted by molar-refractivity contribution is 5.65. The van der Waals surface area contributed by atoms with Gasteiger partial charge in [-0.2, -0.15) is 0 Å². The average Bonchev–Trinajstić information content (AvgIpc) is 2.79. The SMILES string of the molecule is O=C(O)N1CCCC2(CNCc3cc[nH]c32)C1. The normalized spacial score (nSPS) is 28.1. The van der Waals surface area contributed by atoms with E-state index in [1.165, 1.54) is 11.3 Å². The number of aromatic nitrogens is 1. The molecule has 17 heavy (non-hydrogen) atoms. The summed E-state index contributed by atoms with van der Waals surface area (Å²) >= 11 is 0. The molecule has 5 nitrogen and oxygen atoms in total. The molecule has 3 rings (SSSR count). The van der Waals surface area contributed by atoms with Gasteiger partial charge in [0.25, 0.3) is 0 Å². The second kappa shape index (κ2) is 3.77. The predicted octanol–water partition coefficient (Wildman–Crippen LogP) is 1.13. The molecule has 1 atom stereocenters. The van der Waals surface area contributed by atoms with Gasteiger partial charge in [-0.05, 0) is 24.5 Å². The number of hydrogen-bond acceptors (Lipinski definition) is 2. The van der Waals surface area contributed by atoms with Gasteiger partial charge in [-0.25, -0.2) is 4.79 Å². The van der Waals surface area contributed by atoms with E-state index in [0.29, 0.717) is 13.1 Å². The van der Waals surface area contributed by atoms with Gasteiger partial charge in [0.15, 0.2) is 0 Å². The number of carboxylic acid groups (broad SMARTS) is 1. The minimum atomic E-state index is -0.803. The lowest BCUT2D eigenvalue weighted by Crippen LogP contribution is -2.55. The van der Waals surface area contributed by atoms with Gasteiger partial charge in [0.2, 0.25) is 0 Å². The number of fused-ring (bicyclic) bond motifs is 2. The summed E-state index contributed by atoms with van der Waals surface area (Å²) in [6.45, 7) is 3.01. The number of aromatic amines is 1. The molecule has 0 radical (unpaired) electrons. The third-order valence-corrected chi connectivity index (χ3v) is 3.99. The van der Waals surface area contributed by atoms with Crippen LogP contribution in [0.1, 0.15) is 24.1 Å². The third-order valence-electron chi connectivity index (χ3n) is 3.99. The maximum atomic E-state index is 11.1. The van der Waals surface area contributed by atoms with Crippen molar-refractivity contribution in [3.05, 3.63) is 23.5 Å². The molecule has 1 unspecified atom stereocenters. The average molecular weight is 235 g/mol. The van der Waals surface area contributed by atoms with Gasteiger partial charge in [0.1, 0.15) is 0 Å². The fourth-order valence-corrected chi connectivity index (χ4v) is 3.21. The van der Waals surface area contributed by atoms with Gasteiger partial charge in [0, 0.05) is 43.5 Å². The molecule has 3 N–H and O–H groups in total. The number of H-pyrrole nitrogens is 1. The van der Waals surface area contributed by atoms with Crippen molar-refractivity contribution >= 4 is 6.09 Å². The summed E-state index contributed by atoms with van der Waals surface area (Å²) in [7, 11) is 0. The lowest BCUT2D eigenvalue weighted by atomic mass is 9.74. The topological polar surface area (TPSA) is 68.4 Å². The van der Waals surface area contributed by atoms with Gasteiger partial charge in [-0.3, -0.25) is 0 Å². The standard InChI is InChI=1S/C12H17N3O2/c16-11(17)15-5-1-3-12(8-15)7-13-6-9-2-4-14-10(9)12/h2,4,13-14H,1,3,5-8H2,(H,16,17). The highest BCUT2D eigenvalue weighted by Gasteiger charge is 2.42. The Bertz CT molecular complexity index is 443. The molecule has 1 fully saturated rings. The largest absolute Gasteiger partial charge is 0.465 e.